The number of rotatable bonds is 5. The molecule has 1 unspecified atom stereocenters. The average Bonchev–Trinajstić information content (AvgIpc) is 3.08. The molecular formula is C21H25ClN6O2S. The molecular weight excluding hydrogens is 436 g/mol. The van der Waals surface area contributed by atoms with Gasteiger partial charge in [-0.2, -0.15) is 4.98 Å². The zero-order chi connectivity index (χ0) is 22.1. The Balaban J connectivity index is 1.20. The highest BCUT2D eigenvalue weighted by molar-refractivity contribution is 7.85. The first-order valence-corrected chi connectivity index (χ1v) is 12.4. The molecule has 0 aromatic carbocycles. The van der Waals surface area contributed by atoms with Gasteiger partial charge in [-0.05, 0) is 32.1 Å². The fourth-order valence-electron chi connectivity index (χ4n) is 5.22. The molecule has 2 aromatic rings. The van der Waals surface area contributed by atoms with E-state index in [-0.39, 0.29) is 17.6 Å². The Morgan fingerprint density at radius 3 is 2.68 bits per heavy atom. The highest BCUT2D eigenvalue weighted by Crippen LogP contribution is 2.56. The monoisotopic (exact) mass is 461 g/mol. The first kappa shape index (κ1) is 18.7. The van der Waals surface area contributed by atoms with E-state index in [2.05, 4.69) is 20.2 Å². The van der Waals surface area contributed by atoms with Crippen molar-refractivity contribution in [2.75, 3.05) is 35.7 Å². The van der Waals surface area contributed by atoms with Crippen LogP contribution in [0.25, 0.3) is 0 Å². The maximum Gasteiger partial charge on any atom is 0.227 e. The van der Waals surface area contributed by atoms with Gasteiger partial charge in [-0.15, -0.1) is 0 Å². The summed E-state index contributed by atoms with van der Waals surface area (Å²) in [6.07, 6.45) is 8.02. The largest absolute Gasteiger partial charge is 0.394 e. The Hall–Kier alpha value is -1.84. The maximum absolute atomic E-state index is 12.6. The van der Waals surface area contributed by atoms with Crippen molar-refractivity contribution in [2.24, 2.45) is 5.41 Å². The van der Waals surface area contributed by atoms with E-state index in [1.165, 1.54) is 0 Å². The maximum atomic E-state index is 12.6. The summed E-state index contributed by atoms with van der Waals surface area (Å²) in [5, 5.41) is 13.8. The van der Waals surface area contributed by atoms with Crippen molar-refractivity contribution in [2.45, 2.75) is 54.9 Å². The van der Waals surface area contributed by atoms with Gasteiger partial charge in [0.05, 0.1) is 33.7 Å². The molecule has 10 heteroatoms. The molecule has 2 saturated carbocycles. The average molecular weight is 462 g/mol. The number of hydrogen-bond donors (Lipinski definition) is 2. The lowest BCUT2D eigenvalue weighted by molar-refractivity contribution is 0.0582. The van der Waals surface area contributed by atoms with Crippen LogP contribution >= 0.6 is 11.6 Å². The fourth-order valence-corrected chi connectivity index (χ4v) is 6.63. The third-order valence-corrected chi connectivity index (χ3v) is 8.78. The molecule has 2 aromatic heterocycles. The van der Waals surface area contributed by atoms with Crippen LogP contribution in [-0.4, -0.2) is 60.2 Å². The number of nitrogens with zero attached hydrogens (tertiary/aromatic N) is 5. The number of aliphatic hydroxyl groups excluding tert-OH is 1. The summed E-state index contributed by atoms with van der Waals surface area (Å²) >= 11 is 5.88. The molecule has 0 amide bonds. The van der Waals surface area contributed by atoms with Gasteiger partial charge in [0, 0.05) is 50.3 Å². The predicted octanol–water partition coefficient (Wildman–Crippen LogP) is 2.29. The number of anilines is 2. The lowest BCUT2D eigenvalue weighted by atomic mass is 9.57. The molecule has 4 heterocycles. The lowest BCUT2D eigenvalue weighted by Crippen LogP contribution is -2.62. The van der Waals surface area contributed by atoms with Crippen LogP contribution in [0.4, 0.5) is 11.8 Å². The van der Waals surface area contributed by atoms with Crippen LogP contribution < -0.4 is 10.2 Å². The SMILES string of the molecule is [2H]C1(c2ncc(Cl)cn2)CC2(CN(c3nc4c(c(NC5(CO)CCC5)n3)S(=O)CC4)C2)C1. The first-order chi connectivity index (χ1) is 15.3. The van der Waals surface area contributed by atoms with Gasteiger partial charge >= 0.3 is 0 Å². The van der Waals surface area contributed by atoms with Gasteiger partial charge in [0.1, 0.15) is 16.5 Å². The molecule has 1 atom stereocenters. The fraction of sp³-hybridized carbons (Fsp3) is 0.619. The molecule has 2 aliphatic heterocycles. The minimum absolute atomic E-state index is 0.0406. The molecule has 1 spiro atoms. The second-order valence-electron chi connectivity index (χ2n) is 9.40. The molecule has 0 bridgehead atoms. The summed E-state index contributed by atoms with van der Waals surface area (Å²) in [5.74, 6) is 1.60. The van der Waals surface area contributed by atoms with Crippen LogP contribution in [0.2, 0.25) is 5.02 Å². The van der Waals surface area contributed by atoms with E-state index >= 15 is 0 Å². The number of fused-ring (bicyclic) bond motifs is 1. The van der Waals surface area contributed by atoms with E-state index in [4.69, 9.17) is 22.9 Å². The highest BCUT2D eigenvalue weighted by atomic mass is 35.5. The zero-order valence-electron chi connectivity index (χ0n) is 18.1. The van der Waals surface area contributed by atoms with Crippen LogP contribution in [0.5, 0.6) is 0 Å². The quantitative estimate of drug-likeness (QED) is 0.698. The molecule has 1 saturated heterocycles. The standard InChI is InChI=1S/C21H25ClN6O2S/c22-14-8-23-17(24-9-14)13-6-20(7-13)10-28(11-20)19-25-15-2-5-31(30)16(15)18(26-19)27-21(12-29)3-1-4-21/h8-9,13,29H,1-7,10-12H2,(H,25,26,27)/i13D. The zero-order valence-corrected chi connectivity index (χ0v) is 18.7. The smallest absolute Gasteiger partial charge is 0.227 e. The van der Waals surface area contributed by atoms with Crippen molar-refractivity contribution in [3.05, 3.63) is 28.9 Å². The second kappa shape index (κ2) is 7.08. The molecule has 6 rings (SSSR count). The third-order valence-electron chi connectivity index (χ3n) is 7.12. The number of aryl methyl sites for hydroxylation is 1. The van der Waals surface area contributed by atoms with Gasteiger partial charge in [-0.3, -0.25) is 4.21 Å². The topological polar surface area (TPSA) is 104 Å². The van der Waals surface area contributed by atoms with Crippen molar-refractivity contribution in [3.8, 4) is 0 Å². The van der Waals surface area contributed by atoms with E-state index < -0.39 is 16.7 Å². The van der Waals surface area contributed by atoms with Gasteiger partial charge in [0.25, 0.3) is 0 Å². The summed E-state index contributed by atoms with van der Waals surface area (Å²) in [6.45, 7) is 1.61. The molecule has 8 nitrogen and oxygen atoms in total. The summed E-state index contributed by atoms with van der Waals surface area (Å²) in [5.41, 5.74) is 0.547. The van der Waals surface area contributed by atoms with Crippen LogP contribution in [0.1, 0.15) is 50.9 Å². The molecule has 3 fully saturated rings. The van der Waals surface area contributed by atoms with Crippen molar-refractivity contribution in [3.63, 3.8) is 0 Å². The molecule has 31 heavy (non-hydrogen) atoms. The number of halogens is 1. The summed E-state index contributed by atoms with van der Waals surface area (Å²) < 4.78 is 21.3. The summed E-state index contributed by atoms with van der Waals surface area (Å²) in [4.78, 5) is 20.9. The Labute approximate surface area is 189 Å². The van der Waals surface area contributed by atoms with Gasteiger partial charge < -0.3 is 15.3 Å². The van der Waals surface area contributed by atoms with E-state index in [1.807, 2.05) is 0 Å². The van der Waals surface area contributed by atoms with Crippen molar-refractivity contribution >= 4 is 34.2 Å². The number of aliphatic hydroxyl groups is 1. The van der Waals surface area contributed by atoms with Gasteiger partial charge in [0.15, 0.2) is 0 Å². The van der Waals surface area contributed by atoms with Crippen molar-refractivity contribution < 1.29 is 10.7 Å². The van der Waals surface area contributed by atoms with Gasteiger partial charge in [-0.1, -0.05) is 11.6 Å². The van der Waals surface area contributed by atoms with Gasteiger partial charge in [-0.25, -0.2) is 15.0 Å². The molecule has 164 valence electrons. The highest BCUT2D eigenvalue weighted by Gasteiger charge is 2.54. The minimum Gasteiger partial charge on any atom is -0.394 e. The Bertz CT molecular complexity index is 1090. The Morgan fingerprint density at radius 1 is 1.29 bits per heavy atom. The van der Waals surface area contributed by atoms with E-state index in [9.17, 15) is 9.32 Å². The molecule has 4 aliphatic rings. The van der Waals surface area contributed by atoms with Crippen LogP contribution in [0, 0.1) is 5.41 Å². The normalized spacial score (nSPS) is 27.0. The van der Waals surface area contributed by atoms with Crippen LogP contribution in [0.3, 0.4) is 0 Å². The van der Waals surface area contributed by atoms with Crippen molar-refractivity contribution in [1.82, 2.24) is 19.9 Å². The minimum atomic E-state index is -1.10. The lowest BCUT2D eigenvalue weighted by Gasteiger charge is -2.58. The third kappa shape index (κ3) is 3.24. The number of aromatic nitrogens is 4. The Kier molecular flexibility index (Phi) is 4.27. The van der Waals surface area contributed by atoms with E-state index in [0.29, 0.717) is 52.5 Å². The van der Waals surface area contributed by atoms with Crippen molar-refractivity contribution in [1.29, 1.82) is 0 Å². The van der Waals surface area contributed by atoms with E-state index in [0.717, 1.165) is 38.0 Å². The summed E-state index contributed by atoms with van der Waals surface area (Å²) in [6, 6.07) is 0. The molecule has 0 radical (unpaired) electrons. The second-order valence-corrected chi connectivity index (χ2v) is 11.3. The molecule has 2 N–H and O–H groups in total. The summed E-state index contributed by atoms with van der Waals surface area (Å²) in [7, 11) is -1.10. The van der Waals surface area contributed by atoms with Crippen LogP contribution in [0.15, 0.2) is 17.3 Å². The first-order valence-electron chi connectivity index (χ1n) is 11.2. The Morgan fingerprint density at radius 2 is 2.03 bits per heavy atom. The van der Waals surface area contributed by atoms with E-state index in [1.54, 1.807) is 12.4 Å². The number of nitrogens with one attached hydrogen (secondary N) is 1. The van der Waals surface area contributed by atoms with Crippen LogP contribution in [-0.2, 0) is 17.2 Å². The van der Waals surface area contributed by atoms with Gasteiger partial charge in [0.2, 0.25) is 5.95 Å². The number of hydrogen-bond acceptors (Lipinski definition) is 8. The molecule has 2 aliphatic carbocycles. The predicted molar refractivity (Wildman–Crippen MR) is 118 cm³/mol.